The molecule has 0 spiro atoms. The highest BCUT2D eigenvalue weighted by Gasteiger charge is 2.18. The van der Waals surface area contributed by atoms with Gasteiger partial charge in [0, 0.05) is 19.7 Å². The van der Waals surface area contributed by atoms with E-state index in [9.17, 15) is 14.9 Å². The van der Waals surface area contributed by atoms with Crippen molar-refractivity contribution < 1.29 is 9.72 Å². The first-order chi connectivity index (χ1) is 9.49. The second-order valence-electron chi connectivity index (χ2n) is 4.32. The lowest BCUT2D eigenvalue weighted by molar-refractivity contribution is -0.389. The van der Waals surface area contributed by atoms with Gasteiger partial charge in [0.2, 0.25) is 11.7 Å². The Bertz CT molecular complexity index is 636. The maximum atomic E-state index is 12.2. The van der Waals surface area contributed by atoms with Crippen molar-refractivity contribution in [2.24, 2.45) is 0 Å². The molecule has 0 atom stereocenters. The minimum absolute atomic E-state index is 0.0120. The molecule has 0 saturated heterocycles. The zero-order valence-electron chi connectivity index (χ0n) is 11.2. The summed E-state index contributed by atoms with van der Waals surface area (Å²) in [5, 5.41) is 10.6. The van der Waals surface area contributed by atoms with Crippen molar-refractivity contribution >= 4 is 17.4 Å². The largest absolute Gasteiger partial charge is 0.381 e. The predicted octanol–water partition coefficient (Wildman–Crippen LogP) is 1.76. The Balaban J connectivity index is 2.14. The number of likely N-dealkylation sites (N-methyl/N-ethyl adjacent to an activating group) is 1. The fraction of sp³-hybridized carbons (Fsp3) is 0.231. The third-order valence-electron chi connectivity index (χ3n) is 2.97. The maximum Gasteiger partial charge on any atom is 0.381 e. The third kappa shape index (κ3) is 2.82. The van der Waals surface area contributed by atoms with Gasteiger partial charge in [0.1, 0.15) is 12.7 Å². The molecule has 0 bridgehead atoms. The number of hydrogen-bond donors (Lipinski definition) is 0. The van der Waals surface area contributed by atoms with Crippen molar-refractivity contribution in [1.29, 1.82) is 0 Å². The maximum absolute atomic E-state index is 12.2. The SMILES string of the molecule is Cc1nc([N+](=O)[O-])cn1CC(=O)N(C)c1ccccc1. The van der Waals surface area contributed by atoms with Gasteiger partial charge in [0.15, 0.2) is 0 Å². The van der Waals surface area contributed by atoms with Gasteiger partial charge in [-0.3, -0.25) is 9.36 Å². The van der Waals surface area contributed by atoms with Gasteiger partial charge in [-0.15, -0.1) is 0 Å². The molecule has 0 aliphatic carbocycles. The van der Waals surface area contributed by atoms with E-state index in [0.717, 1.165) is 5.69 Å². The van der Waals surface area contributed by atoms with E-state index in [1.165, 1.54) is 15.7 Å². The lowest BCUT2D eigenvalue weighted by Crippen LogP contribution is -2.30. The van der Waals surface area contributed by atoms with Gasteiger partial charge in [0.05, 0.1) is 0 Å². The Morgan fingerprint density at radius 2 is 2.05 bits per heavy atom. The number of aromatic nitrogens is 2. The highest BCUT2D eigenvalue weighted by molar-refractivity contribution is 5.92. The fourth-order valence-corrected chi connectivity index (χ4v) is 1.79. The molecule has 0 aliphatic rings. The van der Waals surface area contributed by atoms with Crippen molar-refractivity contribution in [2.45, 2.75) is 13.5 Å². The topological polar surface area (TPSA) is 81.3 Å². The van der Waals surface area contributed by atoms with E-state index in [4.69, 9.17) is 0 Å². The normalized spacial score (nSPS) is 10.3. The number of para-hydroxylation sites is 1. The van der Waals surface area contributed by atoms with Crippen molar-refractivity contribution in [3.63, 3.8) is 0 Å². The second-order valence-corrected chi connectivity index (χ2v) is 4.32. The fourth-order valence-electron chi connectivity index (χ4n) is 1.79. The molecular formula is C13H14N4O3. The summed E-state index contributed by atoms with van der Waals surface area (Å²) >= 11 is 0. The zero-order chi connectivity index (χ0) is 14.7. The average molecular weight is 274 g/mol. The van der Waals surface area contributed by atoms with Crippen molar-refractivity contribution in [1.82, 2.24) is 9.55 Å². The summed E-state index contributed by atoms with van der Waals surface area (Å²) in [7, 11) is 1.67. The summed E-state index contributed by atoms with van der Waals surface area (Å²) in [6, 6.07) is 9.19. The van der Waals surface area contributed by atoms with Gasteiger partial charge < -0.3 is 15.0 Å². The molecule has 1 aromatic carbocycles. The first kappa shape index (κ1) is 13.7. The molecule has 1 aromatic heterocycles. The smallest absolute Gasteiger partial charge is 0.358 e. The number of anilines is 1. The van der Waals surface area contributed by atoms with Gasteiger partial charge in [-0.25, -0.2) is 0 Å². The summed E-state index contributed by atoms with van der Waals surface area (Å²) in [5.74, 6) is 0.00998. The van der Waals surface area contributed by atoms with Crippen LogP contribution in [0.25, 0.3) is 0 Å². The van der Waals surface area contributed by atoms with Gasteiger partial charge in [-0.05, 0) is 22.0 Å². The number of nitrogens with zero attached hydrogens (tertiary/aromatic N) is 4. The zero-order valence-corrected chi connectivity index (χ0v) is 11.2. The molecule has 20 heavy (non-hydrogen) atoms. The number of hydrogen-bond acceptors (Lipinski definition) is 4. The van der Waals surface area contributed by atoms with Gasteiger partial charge >= 0.3 is 5.82 Å². The molecule has 1 heterocycles. The molecule has 0 radical (unpaired) electrons. The number of carbonyl (C=O) groups excluding carboxylic acids is 1. The predicted molar refractivity (Wildman–Crippen MR) is 73.5 cm³/mol. The number of carbonyl (C=O) groups is 1. The molecule has 0 unspecified atom stereocenters. The van der Waals surface area contributed by atoms with Gasteiger partial charge in [0.25, 0.3) is 0 Å². The van der Waals surface area contributed by atoms with Crippen LogP contribution in [0.5, 0.6) is 0 Å². The third-order valence-corrected chi connectivity index (χ3v) is 2.97. The minimum Gasteiger partial charge on any atom is -0.358 e. The molecule has 0 saturated carbocycles. The number of benzene rings is 1. The monoisotopic (exact) mass is 274 g/mol. The van der Waals surface area contributed by atoms with Crippen molar-refractivity contribution in [3.05, 3.63) is 52.5 Å². The first-order valence-electron chi connectivity index (χ1n) is 5.99. The van der Waals surface area contributed by atoms with Crippen LogP contribution in [0, 0.1) is 17.0 Å². The van der Waals surface area contributed by atoms with Crippen LogP contribution < -0.4 is 4.90 Å². The summed E-state index contributed by atoms with van der Waals surface area (Å²) in [6.07, 6.45) is 1.27. The molecule has 0 aliphatic heterocycles. The Hall–Kier alpha value is -2.70. The number of imidazole rings is 1. The second kappa shape index (κ2) is 5.52. The van der Waals surface area contributed by atoms with Crippen LogP contribution >= 0.6 is 0 Å². The molecule has 104 valence electrons. The molecule has 2 rings (SSSR count). The van der Waals surface area contributed by atoms with E-state index < -0.39 is 4.92 Å². The molecule has 2 aromatic rings. The highest BCUT2D eigenvalue weighted by Crippen LogP contribution is 2.14. The molecule has 0 fully saturated rings. The number of amides is 1. The van der Waals surface area contributed by atoms with Crippen LogP contribution in [-0.4, -0.2) is 27.4 Å². The summed E-state index contributed by atoms with van der Waals surface area (Å²) in [6.45, 7) is 1.64. The molecule has 7 nitrogen and oxygen atoms in total. The lowest BCUT2D eigenvalue weighted by atomic mass is 10.3. The first-order valence-corrected chi connectivity index (χ1v) is 5.99. The number of nitro groups is 1. The quantitative estimate of drug-likeness (QED) is 0.628. The Kier molecular flexibility index (Phi) is 3.79. The van der Waals surface area contributed by atoms with E-state index in [-0.39, 0.29) is 18.3 Å². The number of aryl methyl sites for hydroxylation is 1. The molecule has 7 heteroatoms. The standard InChI is InChI=1S/C13H14N4O3/c1-10-14-12(17(19)20)8-16(10)9-13(18)15(2)11-6-4-3-5-7-11/h3-8H,9H2,1-2H3. The van der Waals surface area contributed by atoms with Crippen LogP contribution in [0.4, 0.5) is 11.5 Å². The van der Waals surface area contributed by atoms with Crippen LogP contribution in [0.15, 0.2) is 36.5 Å². The van der Waals surface area contributed by atoms with Gasteiger partial charge in [-0.1, -0.05) is 18.2 Å². The van der Waals surface area contributed by atoms with Crippen molar-refractivity contribution in [2.75, 3.05) is 11.9 Å². The Labute approximate surface area is 115 Å². The van der Waals surface area contributed by atoms with Crippen LogP contribution in [-0.2, 0) is 11.3 Å². The van der Waals surface area contributed by atoms with Gasteiger partial charge in [-0.2, -0.15) is 0 Å². The highest BCUT2D eigenvalue weighted by atomic mass is 16.6. The average Bonchev–Trinajstić information content (AvgIpc) is 2.80. The Morgan fingerprint density at radius 3 is 2.60 bits per heavy atom. The molecular weight excluding hydrogens is 260 g/mol. The van der Waals surface area contributed by atoms with E-state index in [1.807, 2.05) is 30.3 Å². The van der Waals surface area contributed by atoms with E-state index in [2.05, 4.69) is 4.98 Å². The Morgan fingerprint density at radius 1 is 1.40 bits per heavy atom. The summed E-state index contributed by atoms with van der Waals surface area (Å²) < 4.78 is 1.47. The van der Waals surface area contributed by atoms with E-state index in [1.54, 1.807) is 14.0 Å². The van der Waals surface area contributed by atoms with Crippen LogP contribution in [0.2, 0.25) is 0 Å². The molecule has 1 amide bonds. The summed E-state index contributed by atoms with van der Waals surface area (Å²) in [5.41, 5.74) is 0.768. The number of rotatable bonds is 4. The van der Waals surface area contributed by atoms with E-state index in [0.29, 0.717) is 5.82 Å². The molecule has 0 N–H and O–H groups in total. The van der Waals surface area contributed by atoms with Crippen LogP contribution in [0.1, 0.15) is 5.82 Å². The van der Waals surface area contributed by atoms with Crippen molar-refractivity contribution in [3.8, 4) is 0 Å². The van der Waals surface area contributed by atoms with Crippen LogP contribution in [0.3, 0.4) is 0 Å². The minimum atomic E-state index is -0.575. The summed E-state index contributed by atoms with van der Waals surface area (Å²) in [4.78, 5) is 27.5. The van der Waals surface area contributed by atoms with E-state index >= 15 is 0 Å². The lowest BCUT2D eigenvalue weighted by Gasteiger charge is -2.17.